The zero-order chi connectivity index (χ0) is 41.8. The molecule has 1 heterocycles. The summed E-state index contributed by atoms with van der Waals surface area (Å²) in [7, 11) is -9.70. The fourth-order valence-corrected chi connectivity index (χ4v) is 7.74. The van der Waals surface area contributed by atoms with E-state index in [2.05, 4.69) is 110 Å². The molecule has 0 fully saturated rings. The summed E-state index contributed by atoms with van der Waals surface area (Å²) >= 11 is 0. The third-order valence-electron chi connectivity index (χ3n) is 6.79. The van der Waals surface area contributed by atoms with Crippen molar-refractivity contribution in [3.05, 3.63) is 91.0 Å². The number of anilines is 2. The van der Waals surface area contributed by atoms with Gasteiger partial charge < -0.3 is 23.1 Å². The van der Waals surface area contributed by atoms with Crippen LogP contribution in [0.5, 0.6) is 6.01 Å². The fraction of sp³-hybridized carbons (Fsp3) is 0.344. The van der Waals surface area contributed by atoms with E-state index in [-0.39, 0.29) is 37.8 Å². The van der Waals surface area contributed by atoms with Gasteiger partial charge in [0.2, 0.25) is 11.9 Å². The second-order valence-electron chi connectivity index (χ2n) is 10.8. The fourth-order valence-electron chi connectivity index (χ4n) is 4.30. The summed E-state index contributed by atoms with van der Waals surface area (Å²) in [5.41, 5.74) is 0. The molecule has 4 aromatic rings. The van der Waals surface area contributed by atoms with Crippen LogP contribution in [0.15, 0.2) is 106 Å². The smallest absolute Gasteiger partial charge is 0.364 e. The molecule has 4 rings (SSSR count). The van der Waals surface area contributed by atoms with Crippen molar-refractivity contribution in [3.63, 3.8) is 0 Å². The van der Waals surface area contributed by atoms with Gasteiger partial charge in [-0.15, -0.1) is 0 Å². The molecule has 0 atom stereocenters. The van der Waals surface area contributed by atoms with Crippen LogP contribution in [0.3, 0.4) is 0 Å². The Morgan fingerprint density at radius 1 is 0.571 bits per heavy atom. The Labute approximate surface area is 321 Å². The van der Waals surface area contributed by atoms with Crippen LogP contribution in [-0.2, 0) is 50.1 Å². The van der Waals surface area contributed by atoms with Crippen molar-refractivity contribution in [2.24, 2.45) is 0 Å². The van der Waals surface area contributed by atoms with Gasteiger partial charge in [-0.2, -0.15) is 58.1 Å². The first-order valence-electron chi connectivity index (χ1n) is 15.4. The highest BCUT2D eigenvalue weighted by atomic mass is 32.2. The number of methoxy groups -OCH3 is 4. The largest absolute Gasteiger partial charge is 0.450 e. The highest BCUT2D eigenvalue weighted by Crippen LogP contribution is 2.50. The minimum atomic E-state index is -7.23. The number of alkyl halides is 6. The molecule has 3 aromatic carbocycles. The van der Waals surface area contributed by atoms with Crippen molar-refractivity contribution in [2.45, 2.75) is 31.1 Å². The van der Waals surface area contributed by atoms with Crippen LogP contribution in [0.4, 0.5) is 38.2 Å². The molecule has 1 aromatic heterocycles. The number of hydrogen-bond acceptors (Lipinski definition) is 14. The topological polar surface area (TPSA) is 180 Å². The Bertz CT molecular complexity index is 1910. The molecular weight excluding hydrogens is 825 g/mol. The molecule has 308 valence electrons. The van der Waals surface area contributed by atoms with E-state index in [4.69, 9.17) is 23.5 Å². The summed E-state index contributed by atoms with van der Waals surface area (Å²) in [6.07, 6.45) is 0. The molecule has 0 saturated heterocycles. The first kappa shape index (κ1) is 46.1. The number of halogens is 6. The molecule has 0 aliphatic heterocycles. The van der Waals surface area contributed by atoms with Gasteiger partial charge in [0.25, 0.3) is 0 Å². The van der Waals surface area contributed by atoms with Gasteiger partial charge in [-0.05, 0) is 36.4 Å². The average molecular weight is 861 g/mol. The Hall–Kier alpha value is -4.30. The quantitative estimate of drug-likeness (QED) is 0.0433. The molecule has 0 saturated carbocycles. The van der Waals surface area contributed by atoms with Crippen LogP contribution in [0, 0.1) is 0 Å². The van der Waals surface area contributed by atoms with Crippen molar-refractivity contribution in [3.8, 4) is 6.01 Å². The van der Waals surface area contributed by atoms with Crippen molar-refractivity contribution in [1.82, 2.24) is 15.0 Å². The molecule has 0 unspecified atom stereocenters. The summed E-state index contributed by atoms with van der Waals surface area (Å²) < 4.78 is 160. The summed E-state index contributed by atoms with van der Waals surface area (Å²) in [5, 5.41) is -13.9. The Balaban J connectivity index is 0.000000365. The highest BCUT2D eigenvalue weighted by Gasteiger charge is 2.83. The van der Waals surface area contributed by atoms with Crippen LogP contribution in [0.25, 0.3) is 0 Å². The van der Waals surface area contributed by atoms with E-state index in [0.29, 0.717) is 0 Å². The number of nitrogens with zero attached hydrogens (tertiary/aromatic N) is 5. The van der Waals surface area contributed by atoms with Gasteiger partial charge in [-0.25, -0.2) is 0 Å². The van der Waals surface area contributed by atoms with Crippen molar-refractivity contribution < 1.29 is 70.9 Å². The van der Waals surface area contributed by atoms with Gasteiger partial charge in [0, 0.05) is 28.4 Å². The van der Waals surface area contributed by atoms with Crippen LogP contribution in [0.1, 0.15) is 0 Å². The van der Waals surface area contributed by atoms with E-state index in [1.54, 1.807) is 0 Å². The lowest BCUT2D eigenvalue weighted by molar-refractivity contribution is -0.247. The SMILES string of the molecule is COCN(COC)c1nc(OS(=O)(=O)C(F)(F)C(F)(F)C(F)(F)S(=O)(=O)O)nc(N(COC)COC)n1.c1ccc([S+](c2ccccc2)c2ccccc2)cc1. The first-order valence-corrected chi connectivity index (χ1v) is 19.5. The molecule has 0 radical (unpaired) electrons. The zero-order valence-corrected chi connectivity index (χ0v) is 32.3. The molecule has 56 heavy (non-hydrogen) atoms. The molecule has 0 bridgehead atoms. The van der Waals surface area contributed by atoms with Gasteiger partial charge in [0.1, 0.15) is 26.9 Å². The molecular formula is C32H36F6N5O10S3+. The molecule has 1 N–H and O–H groups in total. The third kappa shape index (κ3) is 10.8. The van der Waals surface area contributed by atoms with Crippen molar-refractivity contribution in [2.75, 3.05) is 65.2 Å². The maximum Gasteiger partial charge on any atom is 0.450 e. The van der Waals surface area contributed by atoms with Gasteiger partial charge >= 0.3 is 42.7 Å². The number of hydrogen-bond donors (Lipinski definition) is 1. The molecule has 15 nitrogen and oxygen atoms in total. The number of ether oxygens (including phenoxy) is 4. The molecule has 24 heteroatoms. The molecule has 0 amide bonds. The predicted octanol–water partition coefficient (Wildman–Crippen LogP) is 5.10. The second kappa shape index (κ2) is 19.7. The maximum atomic E-state index is 14.2. The molecule has 0 aliphatic rings. The van der Waals surface area contributed by atoms with Crippen molar-refractivity contribution >= 4 is 43.0 Å². The number of rotatable bonds is 19. The minimum absolute atomic E-state index is 0.0146. The summed E-state index contributed by atoms with van der Waals surface area (Å²) in [6.45, 7) is -1.53. The van der Waals surface area contributed by atoms with Crippen LogP contribution in [0.2, 0.25) is 0 Å². The van der Waals surface area contributed by atoms with Gasteiger partial charge in [-0.1, -0.05) is 54.6 Å². The lowest BCUT2D eigenvalue weighted by Crippen LogP contribution is -2.61. The third-order valence-corrected chi connectivity index (χ3v) is 11.2. The van der Waals surface area contributed by atoms with Crippen molar-refractivity contribution in [1.29, 1.82) is 0 Å². The monoisotopic (exact) mass is 860 g/mol. The molecule has 0 aliphatic carbocycles. The first-order chi connectivity index (χ1) is 26.3. The van der Waals surface area contributed by atoms with E-state index >= 15 is 0 Å². The van der Waals surface area contributed by atoms with Gasteiger partial charge in [-0.3, -0.25) is 14.4 Å². The lowest BCUT2D eigenvalue weighted by Gasteiger charge is -2.29. The minimum Gasteiger partial charge on any atom is -0.364 e. The van der Waals surface area contributed by atoms with E-state index < -0.39 is 54.6 Å². The predicted molar refractivity (Wildman–Crippen MR) is 190 cm³/mol. The Morgan fingerprint density at radius 2 is 0.893 bits per heavy atom. The summed E-state index contributed by atoms with van der Waals surface area (Å²) in [6, 6.07) is 30.5. The molecule has 0 spiro atoms. The Kier molecular flexibility index (Phi) is 16.2. The van der Waals surface area contributed by atoms with Crippen LogP contribution in [-0.4, -0.2) is 108 Å². The number of benzene rings is 3. The second-order valence-corrected chi connectivity index (χ2v) is 15.9. The van der Waals surface area contributed by atoms with Crippen LogP contribution < -0.4 is 14.0 Å². The Morgan fingerprint density at radius 3 is 1.18 bits per heavy atom. The van der Waals surface area contributed by atoms with E-state index in [1.807, 2.05) is 0 Å². The summed E-state index contributed by atoms with van der Waals surface area (Å²) in [5.74, 6) is -8.47. The van der Waals surface area contributed by atoms with E-state index in [9.17, 15) is 43.2 Å². The average Bonchev–Trinajstić information content (AvgIpc) is 3.15. The highest BCUT2D eigenvalue weighted by molar-refractivity contribution is 7.97. The van der Waals surface area contributed by atoms with Gasteiger partial charge in [0.05, 0.1) is 10.9 Å². The number of aromatic nitrogens is 3. The van der Waals surface area contributed by atoms with E-state index in [1.165, 1.54) is 43.1 Å². The maximum absolute atomic E-state index is 14.2. The lowest BCUT2D eigenvalue weighted by atomic mass is 10.3. The standard InChI is InChI=1S/C18H15S.C14H21F6N5O10S2/c1-4-10-16(11-5-1)19(17-12-6-2-7-13-17)18-14-8-3-9-15-18;1-31-5-24(6-32-2)9-21-10(25(7-33-3)8-34-4)23-11(22-9)35-37(29,30)14(19,20)12(15,16)13(17,18)36(26,27)28/h1-15H;5-8H2,1-4H3,(H,26,27,28)/q+1;. The van der Waals surface area contributed by atoms with Crippen LogP contribution >= 0.6 is 0 Å². The van der Waals surface area contributed by atoms with E-state index in [0.717, 1.165) is 9.80 Å². The normalized spacial score (nSPS) is 12.5. The summed E-state index contributed by atoms with van der Waals surface area (Å²) in [4.78, 5) is 16.7. The zero-order valence-electron chi connectivity index (χ0n) is 29.8. The van der Waals surface area contributed by atoms with Gasteiger partial charge in [0.15, 0.2) is 14.7 Å².